The Morgan fingerprint density at radius 3 is 2.92 bits per heavy atom. The molecule has 7 nitrogen and oxygen atoms in total. The Morgan fingerprint density at radius 2 is 2.29 bits per heavy atom. The van der Waals surface area contributed by atoms with Gasteiger partial charge in [0.25, 0.3) is 0 Å². The van der Waals surface area contributed by atoms with Crippen molar-refractivity contribution in [3.05, 3.63) is 33.2 Å². The molecule has 0 aliphatic rings. The molecule has 1 aromatic carbocycles. The van der Waals surface area contributed by atoms with E-state index in [1.165, 1.54) is 11.3 Å². The molecular formula is C15H16BrN3O4S. The number of ether oxygens (including phenoxy) is 2. The molecule has 1 heterocycles. The molecule has 0 unspecified atom stereocenters. The predicted octanol–water partition coefficient (Wildman–Crippen LogP) is 3.52. The van der Waals surface area contributed by atoms with Gasteiger partial charge in [-0.15, -0.1) is 11.3 Å². The van der Waals surface area contributed by atoms with Crippen molar-refractivity contribution >= 4 is 44.6 Å². The topological polar surface area (TPSA) is 93.0 Å². The zero-order valence-corrected chi connectivity index (χ0v) is 15.5. The van der Waals surface area contributed by atoms with Crippen molar-refractivity contribution in [1.82, 2.24) is 4.98 Å². The standard InChI is InChI=1S/C15H16BrN3O4S/c1-3-22-12-5-10(4-11(16)14(12)23-7-13(20)21)6-17-19-15-18-9(2)8-24-15/h4-6,8H,3,7H2,1-2H3,(H,18,19)(H,20,21). The van der Waals surface area contributed by atoms with E-state index in [2.05, 4.69) is 31.4 Å². The van der Waals surface area contributed by atoms with Crippen molar-refractivity contribution in [1.29, 1.82) is 0 Å². The summed E-state index contributed by atoms with van der Waals surface area (Å²) in [6.07, 6.45) is 1.62. The highest BCUT2D eigenvalue weighted by Gasteiger charge is 2.13. The summed E-state index contributed by atoms with van der Waals surface area (Å²) in [5, 5.41) is 15.5. The molecule has 2 rings (SSSR count). The molecule has 0 bridgehead atoms. The molecule has 2 N–H and O–H groups in total. The van der Waals surface area contributed by atoms with Crippen molar-refractivity contribution in [3.63, 3.8) is 0 Å². The van der Waals surface area contributed by atoms with Crippen LogP contribution in [0.1, 0.15) is 18.2 Å². The van der Waals surface area contributed by atoms with Crippen molar-refractivity contribution in [2.75, 3.05) is 18.6 Å². The third-order valence-corrected chi connectivity index (χ3v) is 4.12. The quantitative estimate of drug-likeness (QED) is 0.507. The first kappa shape index (κ1) is 18.2. The minimum absolute atomic E-state index is 0.347. The van der Waals surface area contributed by atoms with Gasteiger partial charge < -0.3 is 14.6 Å². The fourth-order valence-electron chi connectivity index (χ4n) is 1.77. The Bertz CT molecular complexity index is 748. The first-order valence-electron chi connectivity index (χ1n) is 7.01. The maximum atomic E-state index is 10.7. The number of hydrogen-bond acceptors (Lipinski definition) is 7. The van der Waals surface area contributed by atoms with Crippen LogP contribution in [0, 0.1) is 6.92 Å². The number of aromatic nitrogens is 1. The van der Waals surface area contributed by atoms with Crippen LogP contribution in [0.5, 0.6) is 11.5 Å². The monoisotopic (exact) mass is 413 g/mol. The first-order chi connectivity index (χ1) is 11.5. The molecule has 9 heteroatoms. The molecule has 0 saturated heterocycles. The fraction of sp³-hybridized carbons (Fsp3) is 0.267. The number of carboxylic acids is 1. The predicted molar refractivity (Wildman–Crippen MR) is 96.5 cm³/mol. The number of aliphatic carboxylic acids is 1. The number of hydrazone groups is 1. The molecule has 24 heavy (non-hydrogen) atoms. The van der Waals surface area contributed by atoms with E-state index in [0.717, 1.165) is 11.3 Å². The average Bonchev–Trinajstić information content (AvgIpc) is 2.92. The summed E-state index contributed by atoms with van der Waals surface area (Å²) in [6, 6.07) is 3.49. The number of aryl methyl sites for hydroxylation is 1. The second-order valence-corrected chi connectivity index (χ2v) is 6.32. The van der Waals surface area contributed by atoms with Crippen LogP contribution in [0.4, 0.5) is 5.13 Å². The zero-order valence-electron chi connectivity index (χ0n) is 13.1. The van der Waals surface area contributed by atoms with E-state index in [4.69, 9.17) is 14.6 Å². The normalized spacial score (nSPS) is 10.8. The third-order valence-electron chi connectivity index (χ3n) is 2.66. The van der Waals surface area contributed by atoms with E-state index in [0.29, 0.717) is 27.7 Å². The summed E-state index contributed by atoms with van der Waals surface area (Å²) in [6.45, 7) is 3.72. The first-order valence-corrected chi connectivity index (χ1v) is 8.69. The molecule has 2 aromatic rings. The zero-order chi connectivity index (χ0) is 17.5. The maximum absolute atomic E-state index is 10.7. The van der Waals surface area contributed by atoms with Crippen LogP contribution in [0.25, 0.3) is 0 Å². The van der Waals surface area contributed by atoms with Gasteiger partial charge in [0.15, 0.2) is 18.1 Å². The van der Waals surface area contributed by atoms with Crippen molar-refractivity contribution in [3.8, 4) is 11.5 Å². The summed E-state index contributed by atoms with van der Waals surface area (Å²) in [7, 11) is 0. The molecule has 128 valence electrons. The summed E-state index contributed by atoms with van der Waals surface area (Å²) >= 11 is 4.83. The smallest absolute Gasteiger partial charge is 0.341 e. The van der Waals surface area contributed by atoms with Crippen LogP contribution in [0.3, 0.4) is 0 Å². The summed E-state index contributed by atoms with van der Waals surface area (Å²) < 4.78 is 11.4. The van der Waals surface area contributed by atoms with Crippen molar-refractivity contribution < 1.29 is 19.4 Å². The maximum Gasteiger partial charge on any atom is 0.341 e. The van der Waals surface area contributed by atoms with Gasteiger partial charge in [0, 0.05) is 5.38 Å². The Balaban J connectivity index is 2.16. The van der Waals surface area contributed by atoms with E-state index in [-0.39, 0.29) is 0 Å². The van der Waals surface area contributed by atoms with Gasteiger partial charge in [0.2, 0.25) is 5.13 Å². The number of rotatable bonds is 8. The van der Waals surface area contributed by atoms with Crippen LogP contribution in [0.15, 0.2) is 27.1 Å². The van der Waals surface area contributed by atoms with Gasteiger partial charge >= 0.3 is 5.97 Å². The number of nitrogens with zero attached hydrogens (tertiary/aromatic N) is 2. The lowest BCUT2D eigenvalue weighted by Crippen LogP contribution is -2.11. The van der Waals surface area contributed by atoms with Crippen LogP contribution in [0.2, 0.25) is 0 Å². The van der Waals surface area contributed by atoms with Crippen LogP contribution in [-0.2, 0) is 4.79 Å². The molecule has 1 aromatic heterocycles. The molecule has 0 radical (unpaired) electrons. The molecule has 0 fully saturated rings. The van der Waals surface area contributed by atoms with E-state index < -0.39 is 12.6 Å². The Morgan fingerprint density at radius 1 is 1.50 bits per heavy atom. The van der Waals surface area contributed by atoms with E-state index in [1.54, 1.807) is 18.3 Å². The lowest BCUT2D eigenvalue weighted by Gasteiger charge is -2.13. The number of hydrogen-bond donors (Lipinski definition) is 2. The SMILES string of the molecule is CCOc1cc(C=NNc2nc(C)cs2)cc(Br)c1OCC(=O)O. The highest BCUT2D eigenvalue weighted by Crippen LogP contribution is 2.36. The van der Waals surface area contributed by atoms with E-state index in [9.17, 15) is 4.79 Å². The summed E-state index contributed by atoms with van der Waals surface area (Å²) in [5.74, 6) is -0.266. The van der Waals surface area contributed by atoms with Gasteiger partial charge in [-0.25, -0.2) is 9.78 Å². The number of benzene rings is 1. The van der Waals surface area contributed by atoms with Gasteiger partial charge in [-0.1, -0.05) is 0 Å². The number of anilines is 1. The number of nitrogens with one attached hydrogen (secondary N) is 1. The number of carboxylic acid groups (broad SMARTS) is 1. The number of carbonyl (C=O) groups is 1. The highest BCUT2D eigenvalue weighted by atomic mass is 79.9. The van der Waals surface area contributed by atoms with E-state index in [1.807, 2.05) is 19.2 Å². The number of halogens is 1. The lowest BCUT2D eigenvalue weighted by atomic mass is 10.2. The molecular weight excluding hydrogens is 398 g/mol. The Kier molecular flexibility index (Phi) is 6.56. The molecule has 0 spiro atoms. The van der Waals surface area contributed by atoms with Crippen LogP contribution < -0.4 is 14.9 Å². The minimum atomic E-state index is -1.06. The summed E-state index contributed by atoms with van der Waals surface area (Å²) in [4.78, 5) is 14.9. The second kappa shape index (κ2) is 8.65. The molecule has 0 aliphatic carbocycles. The minimum Gasteiger partial charge on any atom is -0.490 e. The van der Waals surface area contributed by atoms with Gasteiger partial charge in [-0.2, -0.15) is 5.10 Å². The van der Waals surface area contributed by atoms with E-state index >= 15 is 0 Å². The molecule has 0 amide bonds. The molecule has 0 saturated carbocycles. The van der Waals surface area contributed by atoms with Crippen LogP contribution in [-0.4, -0.2) is 35.5 Å². The van der Waals surface area contributed by atoms with Gasteiger partial charge in [0.05, 0.1) is 23.0 Å². The third kappa shape index (κ3) is 5.20. The van der Waals surface area contributed by atoms with Gasteiger partial charge in [-0.3, -0.25) is 5.43 Å². The number of thiazole rings is 1. The molecule has 0 atom stereocenters. The van der Waals surface area contributed by atoms with Gasteiger partial charge in [0.1, 0.15) is 0 Å². The summed E-state index contributed by atoms with van der Waals surface area (Å²) in [5.41, 5.74) is 4.54. The van der Waals surface area contributed by atoms with Crippen LogP contribution >= 0.6 is 27.3 Å². The van der Waals surface area contributed by atoms with Crippen molar-refractivity contribution in [2.24, 2.45) is 5.10 Å². The lowest BCUT2D eigenvalue weighted by molar-refractivity contribution is -0.139. The van der Waals surface area contributed by atoms with Crippen molar-refractivity contribution in [2.45, 2.75) is 13.8 Å². The highest BCUT2D eigenvalue weighted by molar-refractivity contribution is 9.10. The van der Waals surface area contributed by atoms with Gasteiger partial charge in [-0.05, 0) is 47.5 Å². The molecule has 0 aliphatic heterocycles. The average molecular weight is 414 g/mol. The largest absolute Gasteiger partial charge is 0.490 e. The Labute approximate surface area is 151 Å². The Hall–Kier alpha value is -2.13. The fourth-order valence-corrected chi connectivity index (χ4v) is 2.98. The second-order valence-electron chi connectivity index (χ2n) is 4.61.